The van der Waals surface area contributed by atoms with Gasteiger partial charge >= 0.3 is 5.97 Å². The molecule has 1 amide bonds. The summed E-state index contributed by atoms with van der Waals surface area (Å²) in [5, 5.41) is 18.8. The van der Waals surface area contributed by atoms with Gasteiger partial charge in [0.1, 0.15) is 11.0 Å². The molecule has 1 heterocycles. The number of aliphatic carboxylic acids is 1. The first kappa shape index (κ1) is 19.6. The molecule has 7 nitrogen and oxygen atoms in total. The molecule has 0 bridgehead atoms. The van der Waals surface area contributed by atoms with Crippen LogP contribution < -0.4 is 10.1 Å². The van der Waals surface area contributed by atoms with Crippen LogP contribution in [0.25, 0.3) is 0 Å². The molecule has 28 heavy (non-hydrogen) atoms. The fourth-order valence-electron chi connectivity index (χ4n) is 2.51. The number of hydrogen-bond donors (Lipinski definition) is 2. The number of thioether (sulfide) groups is 1. The molecule has 1 aliphatic heterocycles. The van der Waals surface area contributed by atoms with Crippen LogP contribution in [0.5, 0.6) is 5.75 Å². The van der Waals surface area contributed by atoms with E-state index < -0.39 is 11.2 Å². The second kappa shape index (κ2) is 9.70. The zero-order valence-electron chi connectivity index (χ0n) is 14.9. The number of carbonyl (C=O) groups excluding carboxylic acids is 1. The lowest BCUT2D eigenvalue weighted by Crippen LogP contribution is -2.26. The van der Waals surface area contributed by atoms with Gasteiger partial charge in [0.25, 0.3) is 0 Å². The van der Waals surface area contributed by atoms with Crippen LogP contribution in [0.1, 0.15) is 17.5 Å². The van der Waals surface area contributed by atoms with Crippen molar-refractivity contribution in [3.63, 3.8) is 0 Å². The molecule has 2 aromatic rings. The Morgan fingerprint density at radius 2 is 2.04 bits per heavy atom. The van der Waals surface area contributed by atoms with Crippen molar-refractivity contribution < 1.29 is 19.4 Å². The number of benzene rings is 2. The summed E-state index contributed by atoms with van der Waals surface area (Å²) in [5.41, 5.74) is 2.02. The smallest absolute Gasteiger partial charge is 0.305 e. The predicted molar refractivity (Wildman–Crippen MR) is 109 cm³/mol. The van der Waals surface area contributed by atoms with Crippen molar-refractivity contribution in [1.82, 2.24) is 5.32 Å². The number of carboxylic acid groups (broad SMARTS) is 1. The maximum atomic E-state index is 11.7. The Balaban J connectivity index is 1.52. The number of nitrogens with one attached hydrogen (secondary N) is 1. The molecule has 0 aliphatic carbocycles. The van der Waals surface area contributed by atoms with Crippen molar-refractivity contribution in [2.75, 3.05) is 6.61 Å². The Kier molecular flexibility index (Phi) is 6.80. The standard InChI is InChI=1S/C20H19N3O4S/c24-18(25)12-17-19(26)22-20(28-17)23-21-13-15-7-4-8-16(11-15)27-10-9-14-5-2-1-3-6-14/h1-8,11,13,17H,9-10,12H2,(H,24,25)(H,22,23,26). The molecule has 1 atom stereocenters. The van der Waals surface area contributed by atoms with Gasteiger partial charge in [-0.3, -0.25) is 9.59 Å². The van der Waals surface area contributed by atoms with Crippen molar-refractivity contribution in [3.05, 3.63) is 65.7 Å². The third-order valence-electron chi connectivity index (χ3n) is 3.85. The van der Waals surface area contributed by atoms with Gasteiger partial charge < -0.3 is 15.2 Å². The minimum atomic E-state index is -1.03. The minimum Gasteiger partial charge on any atom is -0.493 e. The second-order valence-electron chi connectivity index (χ2n) is 6.00. The highest BCUT2D eigenvalue weighted by Crippen LogP contribution is 2.22. The number of amidine groups is 1. The first-order valence-electron chi connectivity index (χ1n) is 8.67. The van der Waals surface area contributed by atoms with E-state index in [4.69, 9.17) is 9.84 Å². The number of amides is 1. The average molecular weight is 397 g/mol. The molecule has 2 aromatic carbocycles. The summed E-state index contributed by atoms with van der Waals surface area (Å²) in [6.45, 7) is 0.570. The van der Waals surface area contributed by atoms with E-state index in [9.17, 15) is 9.59 Å². The van der Waals surface area contributed by atoms with Crippen molar-refractivity contribution >= 4 is 35.0 Å². The molecule has 3 rings (SSSR count). The van der Waals surface area contributed by atoms with Gasteiger partial charge in [-0.1, -0.05) is 54.2 Å². The molecule has 1 saturated heterocycles. The highest BCUT2D eigenvalue weighted by atomic mass is 32.2. The van der Waals surface area contributed by atoms with Crippen LogP contribution in [-0.2, 0) is 16.0 Å². The maximum absolute atomic E-state index is 11.7. The van der Waals surface area contributed by atoms with E-state index in [2.05, 4.69) is 27.7 Å². The normalized spacial score (nSPS) is 17.8. The fourth-order valence-corrected chi connectivity index (χ4v) is 3.42. The molecule has 8 heteroatoms. The lowest BCUT2D eigenvalue weighted by atomic mass is 10.2. The van der Waals surface area contributed by atoms with E-state index in [0.717, 1.165) is 29.5 Å². The summed E-state index contributed by atoms with van der Waals surface area (Å²) in [6.07, 6.45) is 2.12. The van der Waals surface area contributed by atoms with E-state index in [1.54, 1.807) is 6.21 Å². The van der Waals surface area contributed by atoms with Crippen LogP contribution in [0.4, 0.5) is 0 Å². The summed E-state index contributed by atoms with van der Waals surface area (Å²) >= 11 is 1.06. The van der Waals surface area contributed by atoms with Gasteiger partial charge in [-0.05, 0) is 23.3 Å². The third kappa shape index (κ3) is 5.95. The first-order chi connectivity index (χ1) is 13.6. The number of carbonyl (C=O) groups is 2. The Morgan fingerprint density at radius 1 is 1.21 bits per heavy atom. The molecular formula is C20H19N3O4S. The predicted octanol–water partition coefficient (Wildman–Crippen LogP) is 2.70. The summed E-state index contributed by atoms with van der Waals surface area (Å²) in [7, 11) is 0. The molecule has 0 saturated carbocycles. The lowest BCUT2D eigenvalue weighted by molar-refractivity contribution is -0.138. The van der Waals surface area contributed by atoms with Crippen LogP contribution >= 0.6 is 11.8 Å². The molecule has 0 radical (unpaired) electrons. The van der Waals surface area contributed by atoms with E-state index >= 15 is 0 Å². The number of nitrogens with zero attached hydrogens (tertiary/aromatic N) is 2. The lowest BCUT2D eigenvalue weighted by Gasteiger charge is -2.06. The average Bonchev–Trinajstić information content (AvgIpc) is 3.02. The van der Waals surface area contributed by atoms with E-state index in [0.29, 0.717) is 11.8 Å². The molecule has 0 spiro atoms. The first-order valence-corrected chi connectivity index (χ1v) is 9.55. The summed E-state index contributed by atoms with van der Waals surface area (Å²) in [5.74, 6) is -0.658. The zero-order valence-corrected chi connectivity index (χ0v) is 15.8. The Bertz CT molecular complexity index is 899. The van der Waals surface area contributed by atoms with E-state index in [1.165, 1.54) is 5.56 Å². The summed E-state index contributed by atoms with van der Waals surface area (Å²) in [6, 6.07) is 17.6. The largest absolute Gasteiger partial charge is 0.493 e. The Labute approximate surface area is 166 Å². The second-order valence-corrected chi connectivity index (χ2v) is 7.19. The Hall–Kier alpha value is -3.13. The number of carboxylic acids is 1. The Morgan fingerprint density at radius 3 is 2.82 bits per heavy atom. The van der Waals surface area contributed by atoms with Gasteiger partial charge in [0.2, 0.25) is 5.91 Å². The van der Waals surface area contributed by atoms with Crippen LogP contribution in [0.15, 0.2) is 64.8 Å². The third-order valence-corrected chi connectivity index (χ3v) is 4.92. The number of ether oxygens (including phenoxy) is 1. The molecule has 1 fully saturated rings. The highest BCUT2D eigenvalue weighted by molar-refractivity contribution is 8.15. The minimum absolute atomic E-state index is 0.248. The highest BCUT2D eigenvalue weighted by Gasteiger charge is 2.32. The maximum Gasteiger partial charge on any atom is 0.305 e. The monoisotopic (exact) mass is 397 g/mol. The molecule has 1 unspecified atom stereocenters. The van der Waals surface area contributed by atoms with Gasteiger partial charge in [-0.2, -0.15) is 5.10 Å². The van der Waals surface area contributed by atoms with Crippen molar-refractivity contribution in [2.24, 2.45) is 10.2 Å². The van der Waals surface area contributed by atoms with Crippen LogP contribution in [-0.4, -0.2) is 40.2 Å². The van der Waals surface area contributed by atoms with Gasteiger partial charge in [0.15, 0.2) is 5.17 Å². The number of hydrogen-bond acceptors (Lipinski definition) is 6. The van der Waals surface area contributed by atoms with E-state index in [-0.39, 0.29) is 12.3 Å². The quantitative estimate of drug-likeness (QED) is 0.527. The van der Waals surface area contributed by atoms with Crippen molar-refractivity contribution in [1.29, 1.82) is 0 Å². The molecule has 0 aromatic heterocycles. The topological polar surface area (TPSA) is 100 Å². The van der Waals surface area contributed by atoms with Crippen LogP contribution in [0.2, 0.25) is 0 Å². The SMILES string of the molecule is O=C(O)CC1SC(=NN=Cc2cccc(OCCc3ccccc3)c2)NC1=O. The van der Waals surface area contributed by atoms with Crippen molar-refractivity contribution in [2.45, 2.75) is 18.1 Å². The fraction of sp³-hybridized carbons (Fsp3) is 0.200. The van der Waals surface area contributed by atoms with E-state index in [1.807, 2.05) is 42.5 Å². The van der Waals surface area contributed by atoms with Crippen LogP contribution in [0, 0.1) is 0 Å². The van der Waals surface area contributed by atoms with Crippen LogP contribution in [0.3, 0.4) is 0 Å². The van der Waals surface area contributed by atoms with Gasteiger partial charge in [-0.25, -0.2) is 0 Å². The summed E-state index contributed by atoms with van der Waals surface area (Å²) in [4.78, 5) is 22.4. The van der Waals surface area contributed by atoms with Gasteiger partial charge in [0, 0.05) is 6.42 Å². The molecule has 1 aliphatic rings. The molecule has 2 N–H and O–H groups in total. The van der Waals surface area contributed by atoms with Gasteiger partial charge in [-0.15, -0.1) is 5.10 Å². The van der Waals surface area contributed by atoms with Gasteiger partial charge in [0.05, 0.1) is 19.2 Å². The summed E-state index contributed by atoms with van der Waals surface area (Å²) < 4.78 is 5.78. The molecular weight excluding hydrogens is 378 g/mol. The van der Waals surface area contributed by atoms with Crippen molar-refractivity contribution in [3.8, 4) is 5.75 Å². The molecule has 144 valence electrons. The zero-order chi connectivity index (χ0) is 19.8. The number of rotatable bonds is 8.